The third-order valence-electron chi connectivity index (χ3n) is 5.60. The second-order valence-electron chi connectivity index (χ2n) is 9.20. The number of amides is 1. The van der Waals surface area contributed by atoms with Crippen molar-refractivity contribution in [2.24, 2.45) is 0 Å². The highest BCUT2D eigenvalue weighted by molar-refractivity contribution is 6.48. The quantitative estimate of drug-likeness (QED) is 0.543. The Bertz CT molecular complexity index is 504. The second-order valence-corrected chi connectivity index (χ2v) is 9.20. The minimum atomic E-state index is -0.465. The highest BCUT2D eigenvalue weighted by atomic mass is 16.7. The molecule has 0 aromatic heterocycles. The van der Waals surface area contributed by atoms with Crippen molar-refractivity contribution in [3.63, 3.8) is 0 Å². The molecule has 3 aliphatic rings. The molecule has 3 aliphatic heterocycles. The molecule has 7 heteroatoms. The van der Waals surface area contributed by atoms with Crippen molar-refractivity contribution in [1.82, 2.24) is 4.90 Å². The number of carbonyl (C=O) groups is 1. The fourth-order valence-corrected chi connectivity index (χ4v) is 3.33. The molecule has 1 atom stereocenters. The predicted molar refractivity (Wildman–Crippen MR) is 90.7 cm³/mol. The summed E-state index contributed by atoms with van der Waals surface area (Å²) in [6.45, 7) is 15.1. The van der Waals surface area contributed by atoms with Gasteiger partial charge >= 0.3 is 13.2 Å². The number of hydrogen-bond donors (Lipinski definition) is 0. The number of epoxide rings is 1. The summed E-state index contributed by atoms with van der Waals surface area (Å²) in [7, 11) is -0.330. The van der Waals surface area contributed by atoms with Crippen molar-refractivity contribution >= 4 is 13.2 Å². The summed E-state index contributed by atoms with van der Waals surface area (Å²) in [4.78, 5) is 13.9. The Hall–Kier alpha value is -0.785. The average Bonchev–Trinajstić information content (AvgIpc) is 3.03. The highest BCUT2D eigenvalue weighted by Gasteiger charge is 2.69. The van der Waals surface area contributed by atoms with Gasteiger partial charge in [0.05, 0.1) is 16.8 Å². The molecular formula is C17H30BNO5. The van der Waals surface area contributed by atoms with E-state index in [1.54, 1.807) is 4.90 Å². The third-order valence-corrected chi connectivity index (χ3v) is 5.60. The number of carbonyl (C=O) groups excluding carboxylic acids is 1. The lowest BCUT2D eigenvalue weighted by Gasteiger charge is -2.32. The van der Waals surface area contributed by atoms with Crippen LogP contribution in [0.15, 0.2) is 0 Å². The van der Waals surface area contributed by atoms with Gasteiger partial charge in [0.1, 0.15) is 11.6 Å². The van der Waals surface area contributed by atoms with Crippen LogP contribution in [0.3, 0.4) is 0 Å². The fraction of sp³-hybridized carbons (Fsp3) is 0.941. The van der Waals surface area contributed by atoms with Gasteiger partial charge in [-0.3, -0.25) is 0 Å². The summed E-state index contributed by atoms with van der Waals surface area (Å²) in [5.41, 5.74) is -1.36. The summed E-state index contributed by atoms with van der Waals surface area (Å²) in [5.74, 6) is 0. The zero-order chi connectivity index (χ0) is 18.0. The molecule has 1 spiro atoms. The molecule has 1 unspecified atom stereocenters. The Morgan fingerprint density at radius 2 is 1.58 bits per heavy atom. The van der Waals surface area contributed by atoms with Crippen LogP contribution in [0.25, 0.3) is 0 Å². The van der Waals surface area contributed by atoms with Gasteiger partial charge in [-0.05, 0) is 61.3 Å². The first-order chi connectivity index (χ1) is 10.9. The maximum Gasteiger partial charge on any atom is 0.492 e. The molecule has 6 nitrogen and oxygen atoms in total. The van der Waals surface area contributed by atoms with E-state index in [0.29, 0.717) is 13.1 Å². The van der Waals surface area contributed by atoms with E-state index < -0.39 is 5.60 Å². The molecule has 0 N–H and O–H groups in total. The number of rotatable bonds is 1. The summed E-state index contributed by atoms with van der Waals surface area (Å²) in [6.07, 6.45) is 1.34. The molecular weight excluding hydrogens is 309 g/mol. The first-order valence-corrected chi connectivity index (χ1v) is 8.87. The number of likely N-dealkylation sites (tertiary alicyclic amines) is 1. The molecule has 0 aliphatic carbocycles. The zero-order valence-electron chi connectivity index (χ0n) is 16.0. The van der Waals surface area contributed by atoms with Crippen LogP contribution in [0.1, 0.15) is 61.3 Å². The lowest BCUT2D eigenvalue weighted by atomic mass is 9.74. The van der Waals surface area contributed by atoms with Crippen LogP contribution in [0.2, 0.25) is 0 Å². The van der Waals surface area contributed by atoms with E-state index in [0.717, 1.165) is 12.8 Å². The van der Waals surface area contributed by atoms with E-state index in [1.165, 1.54) is 0 Å². The second kappa shape index (κ2) is 5.35. The minimum absolute atomic E-state index is 0.0423. The number of piperidine rings is 1. The van der Waals surface area contributed by atoms with Gasteiger partial charge in [-0.2, -0.15) is 0 Å². The van der Waals surface area contributed by atoms with Crippen LogP contribution in [0, 0.1) is 0 Å². The topological polar surface area (TPSA) is 60.5 Å². The van der Waals surface area contributed by atoms with Gasteiger partial charge in [0.2, 0.25) is 0 Å². The molecule has 136 valence electrons. The Labute approximate surface area is 145 Å². The molecule has 0 aromatic rings. The van der Waals surface area contributed by atoms with E-state index in [-0.39, 0.29) is 36.0 Å². The Morgan fingerprint density at radius 3 is 2.04 bits per heavy atom. The van der Waals surface area contributed by atoms with Crippen LogP contribution in [0.5, 0.6) is 0 Å². The van der Waals surface area contributed by atoms with Gasteiger partial charge in [-0.25, -0.2) is 4.79 Å². The van der Waals surface area contributed by atoms with Crippen LogP contribution in [-0.2, 0) is 18.8 Å². The first-order valence-electron chi connectivity index (χ1n) is 8.87. The minimum Gasteiger partial charge on any atom is -0.444 e. The zero-order valence-corrected chi connectivity index (χ0v) is 16.0. The van der Waals surface area contributed by atoms with Crippen LogP contribution in [-0.4, -0.2) is 59.6 Å². The van der Waals surface area contributed by atoms with Crippen molar-refractivity contribution < 1.29 is 23.6 Å². The molecule has 3 rings (SSSR count). The van der Waals surface area contributed by atoms with Crippen molar-refractivity contribution in [1.29, 1.82) is 0 Å². The van der Waals surface area contributed by atoms with Crippen LogP contribution >= 0.6 is 0 Å². The largest absolute Gasteiger partial charge is 0.492 e. The third kappa shape index (κ3) is 3.18. The van der Waals surface area contributed by atoms with Crippen LogP contribution in [0.4, 0.5) is 4.79 Å². The van der Waals surface area contributed by atoms with Crippen molar-refractivity contribution in [2.45, 2.75) is 89.7 Å². The SMILES string of the molecule is CC(C)(C)OC(=O)N1CCC2(CC1)OC2B1OC(C)(C)C(C)(C)O1. The van der Waals surface area contributed by atoms with E-state index in [4.69, 9.17) is 18.8 Å². The summed E-state index contributed by atoms with van der Waals surface area (Å²) in [6, 6.07) is -0.0423. The maximum atomic E-state index is 12.2. The molecule has 0 saturated carbocycles. The lowest BCUT2D eigenvalue weighted by molar-refractivity contribution is 0.00578. The predicted octanol–water partition coefficient (Wildman–Crippen LogP) is 2.79. The molecule has 0 radical (unpaired) electrons. The van der Waals surface area contributed by atoms with E-state index >= 15 is 0 Å². The van der Waals surface area contributed by atoms with Gasteiger partial charge in [0, 0.05) is 13.1 Å². The van der Waals surface area contributed by atoms with Gasteiger partial charge < -0.3 is 23.7 Å². The summed E-state index contributed by atoms with van der Waals surface area (Å²) in [5, 5.41) is 0. The Balaban J connectivity index is 1.54. The lowest BCUT2D eigenvalue weighted by Crippen LogP contribution is -2.46. The van der Waals surface area contributed by atoms with Gasteiger partial charge in [0.25, 0.3) is 0 Å². The number of ether oxygens (including phenoxy) is 2. The molecule has 24 heavy (non-hydrogen) atoms. The van der Waals surface area contributed by atoms with Crippen LogP contribution < -0.4 is 0 Å². The van der Waals surface area contributed by atoms with E-state index in [2.05, 4.69) is 0 Å². The monoisotopic (exact) mass is 339 g/mol. The molecule has 0 aromatic carbocycles. The molecule has 3 heterocycles. The van der Waals surface area contributed by atoms with Crippen molar-refractivity contribution in [2.75, 3.05) is 13.1 Å². The standard InChI is InChI=1S/C17H30BNO5/c1-14(2,3)22-13(20)19-10-8-17(9-11-19)12(21-17)18-23-15(4,5)16(6,7)24-18/h12H,8-11H2,1-7H3. The number of hydrogen-bond acceptors (Lipinski definition) is 5. The molecule has 1 amide bonds. The molecule has 3 fully saturated rings. The molecule has 0 bridgehead atoms. The summed E-state index contributed by atoms with van der Waals surface area (Å²) < 4.78 is 23.7. The fourth-order valence-electron chi connectivity index (χ4n) is 3.33. The number of nitrogens with zero attached hydrogens (tertiary/aromatic N) is 1. The first kappa shape index (κ1) is 18.0. The molecule has 3 saturated heterocycles. The van der Waals surface area contributed by atoms with Gasteiger partial charge in [0.15, 0.2) is 0 Å². The Morgan fingerprint density at radius 1 is 1.08 bits per heavy atom. The highest BCUT2D eigenvalue weighted by Crippen LogP contribution is 2.51. The maximum absolute atomic E-state index is 12.2. The van der Waals surface area contributed by atoms with Gasteiger partial charge in [-0.1, -0.05) is 0 Å². The summed E-state index contributed by atoms with van der Waals surface area (Å²) >= 11 is 0. The van der Waals surface area contributed by atoms with Crippen molar-refractivity contribution in [3.8, 4) is 0 Å². The van der Waals surface area contributed by atoms with E-state index in [1.807, 2.05) is 48.5 Å². The van der Waals surface area contributed by atoms with E-state index in [9.17, 15) is 4.79 Å². The van der Waals surface area contributed by atoms with Gasteiger partial charge in [-0.15, -0.1) is 0 Å². The Kier molecular flexibility index (Phi) is 4.02. The smallest absolute Gasteiger partial charge is 0.444 e. The van der Waals surface area contributed by atoms with Crippen molar-refractivity contribution in [3.05, 3.63) is 0 Å². The average molecular weight is 339 g/mol. The normalized spacial score (nSPS) is 30.5.